The number of rotatable bonds is 4. The van der Waals surface area contributed by atoms with Crippen LogP contribution in [0, 0.1) is 0 Å². The number of benzene rings is 2. The van der Waals surface area contributed by atoms with E-state index >= 15 is 0 Å². The second-order valence-electron chi connectivity index (χ2n) is 10.2. The van der Waals surface area contributed by atoms with E-state index in [1.807, 2.05) is 0 Å². The van der Waals surface area contributed by atoms with Crippen LogP contribution in [0.2, 0.25) is 0 Å². The van der Waals surface area contributed by atoms with Crippen LogP contribution in [0.1, 0.15) is 67.9 Å². The van der Waals surface area contributed by atoms with Crippen LogP contribution in [0.15, 0.2) is 36.4 Å². The molecule has 40 heavy (non-hydrogen) atoms. The van der Waals surface area contributed by atoms with Crippen molar-refractivity contribution in [2.24, 2.45) is 0 Å². The molecule has 1 N–H and O–H groups in total. The summed E-state index contributed by atoms with van der Waals surface area (Å²) in [5.41, 5.74) is -6.01. The summed E-state index contributed by atoms with van der Waals surface area (Å²) in [6.07, 6.45) is -15.9. The van der Waals surface area contributed by atoms with Crippen LogP contribution in [-0.2, 0) is 34.6 Å². The molecule has 2 amide bonds. The third-order valence-electron chi connectivity index (χ3n) is 6.07. The van der Waals surface area contributed by atoms with Crippen LogP contribution in [-0.4, -0.2) is 23.6 Å². The van der Waals surface area contributed by atoms with E-state index in [9.17, 15) is 49.1 Å². The number of hydrogen-bond acceptors (Lipinski definition) is 3. The number of amides is 2. The van der Waals surface area contributed by atoms with E-state index < -0.39 is 76.9 Å². The molecule has 2 aromatic rings. The Morgan fingerprint density at radius 1 is 0.825 bits per heavy atom. The SMILES string of the molecule is CCC1C(C(=O)NCc2cc(C(F)(F)F)cc(C(F)(F)F)c2)c2ccc(C(F)(F)F)cc2N1C(=O)OC(C)(C)C. The number of nitrogens with one attached hydrogen (secondary N) is 1. The molecule has 3 rings (SSSR count). The third kappa shape index (κ3) is 6.81. The molecule has 0 saturated carbocycles. The lowest BCUT2D eigenvalue weighted by Crippen LogP contribution is -2.45. The maximum Gasteiger partial charge on any atom is 0.416 e. The minimum Gasteiger partial charge on any atom is -0.443 e. The van der Waals surface area contributed by atoms with Crippen molar-refractivity contribution in [2.45, 2.75) is 76.8 Å². The fourth-order valence-electron chi connectivity index (χ4n) is 4.43. The van der Waals surface area contributed by atoms with Gasteiger partial charge in [-0.3, -0.25) is 9.69 Å². The number of anilines is 1. The molecule has 220 valence electrons. The first-order valence-corrected chi connectivity index (χ1v) is 11.9. The summed E-state index contributed by atoms with van der Waals surface area (Å²) in [4.78, 5) is 27.3. The van der Waals surface area contributed by atoms with Gasteiger partial charge in [0.15, 0.2) is 0 Å². The minimum atomic E-state index is -5.10. The predicted octanol–water partition coefficient (Wildman–Crippen LogP) is 7.68. The number of nitrogens with zero attached hydrogens (tertiary/aromatic N) is 1. The highest BCUT2D eigenvalue weighted by Gasteiger charge is 2.47. The Bertz CT molecular complexity index is 1250. The van der Waals surface area contributed by atoms with Gasteiger partial charge in [-0.2, -0.15) is 39.5 Å². The molecular formula is C26H25F9N2O3. The zero-order valence-corrected chi connectivity index (χ0v) is 21.6. The minimum absolute atomic E-state index is 0.0169. The molecule has 0 saturated heterocycles. The highest BCUT2D eigenvalue weighted by molar-refractivity contribution is 5.98. The van der Waals surface area contributed by atoms with E-state index in [2.05, 4.69) is 5.32 Å². The first-order chi connectivity index (χ1) is 18.1. The first-order valence-electron chi connectivity index (χ1n) is 11.9. The van der Waals surface area contributed by atoms with Crippen LogP contribution in [0.4, 0.5) is 50.0 Å². The summed E-state index contributed by atoms with van der Waals surface area (Å²) >= 11 is 0. The number of fused-ring (bicyclic) bond motifs is 1. The highest BCUT2D eigenvalue weighted by Crippen LogP contribution is 2.46. The fraction of sp³-hybridized carbons (Fsp3) is 0.462. The van der Waals surface area contributed by atoms with E-state index in [0.29, 0.717) is 24.3 Å². The lowest BCUT2D eigenvalue weighted by Gasteiger charge is -2.30. The highest BCUT2D eigenvalue weighted by atomic mass is 19.4. The van der Waals surface area contributed by atoms with Gasteiger partial charge in [-0.1, -0.05) is 13.0 Å². The van der Waals surface area contributed by atoms with E-state index in [1.54, 1.807) is 6.92 Å². The average molecular weight is 584 g/mol. The number of hydrogen-bond donors (Lipinski definition) is 1. The van der Waals surface area contributed by atoms with Gasteiger partial charge in [-0.25, -0.2) is 4.79 Å². The van der Waals surface area contributed by atoms with Gasteiger partial charge in [0.2, 0.25) is 5.91 Å². The van der Waals surface area contributed by atoms with Crippen molar-refractivity contribution >= 4 is 17.7 Å². The first kappa shape index (κ1) is 31.1. The molecule has 1 aliphatic rings. The summed E-state index contributed by atoms with van der Waals surface area (Å²) in [6.45, 7) is 5.40. The second kappa shape index (κ2) is 10.5. The van der Waals surface area contributed by atoms with Gasteiger partial charge in [0.1, 0.15) is 5.60 Å². The normalized spacial score (nSPS) is 18.0. The lowest BCUT2D eigenvalue weighted by molar-refractivity contribution is -0.143. The largest absolute Gasteiger partial charge is 0.443 e. The molecule has 5 nitrogen and oxygen atoms in total. The standard InChI is InChI=1S/C26H25F9N2O3/c1-5-18-20(21(38)36-12-13-8-15(25(30,31)32)10-16(9-13)26(33,34)35)17-7-6-14(24(27,28)29)11-19(17)37(18)22(39)40-23(2,3)4/h6-11,18,20H,5,12H2,1-4H3,(H,36,38). The van der Waals surface area contributed by atoms with E-state index in [0.717, 1.165) is 11.0 Å². The second-order valence-corrected chi connectivity index (χ2v) is 10.2. The smallest absolute Gasteiger partial charge is 0.416 e. The van der Waals surface area contributed by atoms with Gasteiger partial charge >= 0.3 is 24.6 Å². The van der Waals surface area contributed by atoms with Crippen LogP contribution in [0.3, 0.4) is 0 Å². The Balaban J connectivity index is 2.00. The summed E-state index contributed by atoms with van der Waals surface area (Å²) in [6, 6.07) is 2.23. The Hall–Kier alpha value is -3.45. The summed E-state index contributed by atoms with van der Waals surface area (Å²) in [5, 5.41) is 2.28. The van der Waals surface area contributed by atoms with Gasteiger partial charge in [0.25, 0.3) is 0 Å². The molecule has 14 heteroatoms. The Kier molecular flexibility index (Phi) is 8.17. The van der Waals surface area contributed by atoms with Crippen LogP contribution in [0.5, 0.6) is 0 Å². The topological polar surface area (TPSA) is 58.6 Å². The van der Waals surface area contributed by atoms with Crippen LogP contribution >= 0.6 is 0 Å². The molecule has 0 aromatic heterocycles. The van der Waals surface area contributed by atoms with Gasteiger partial charge in [0, 0.05) is 6.54 Å². The Morgan fingerprint density at radius 2 is 1.35 bits per heavy atom. The van der Waals surface area contributed by atoms with Crippen molar-refractivity contribution in [3.63, 3.8) is 0 Å². The van der Waals surface area contributed by atoms with Crippen molar-refractivity contribution < 1.29 is 53.8 Å². The maximum atomic E-state index is 13.5. The molecule has 2 unspecified atom stereocenters. The summed E-state index contributed by atoms with van der Waals surface area (Å²) < 4.78 is 125. The van der Waals surface area contributed by atoms with Gasteiger partial charge in [-0.15, -0.1) is 0 Å². The molecule has 2 aromatic carbocycles. The van der Waals surface area contributed by atoms with Gasteiger partial charge in [0.05, 0.1) is 34.3 Å². The maximum absolute atomic E-state index is 13.5. The van der Waals surface area contributed by atoms with Crippen molar-refractivity contribution in [1.29, 1.82) is 0 Å². The Morgan fingerprint density at radius 3 is 1.80 bits per heavy atom. The van der Waals surface area contributed by atoms with Gasteiger partial charge < -0.3 is 10.1 Å². The van der Waals surface area contributed by atoms with E-state index in [4.69, 9.17) is 4.74 Å². The lowest BCUT2D eigenvalue weighted by atomic mass is 9.91. The summed E-state index contributed by atoms with van der Waals surface area (Å²) in [7, 11) is 0. The molecular weight excluding hydrogens is 559 g/mol. The molecule has 0 bridgehead atoms. The van der Waals surface area contributed by atoms with Crippen molar-refractivity contribution in [1.82, 2.24) is 5.32 Å². The molecule has 1 heterocycles. The van der Waals surface area contributed by atoms with Gasteiger partial charge in [-0.05, 0) is 68.7 Å². The number of halogens is 9. The average Bonchev–Trinajstić information content (AvgIpc) is 3.13. The van der Waals surface area contributed by atoms with Crippen LogP contribution < -0.4 is 10.2 Å². The number of carbonyl (C=O) groups excluding carboxylic acids is 2. The zero-order valence-electron chi connectivity index (χ0n) is 21.6. The summed E-state index contributed by atoms with van der Waals surface area (Å²) in [5.74, 6) is -2.20. The van der Waals surface area contributed by atoms with E-state index in [1.165, 1.54) is 20.8 Å². The fourth-order valence-corrected chi connectivity index (χ4v) is 4.43. The number of alkyl halides is 9. The quantitative estimate of drug-likeness (QED) is 0.375. The van der Waals surface area contributed by atoms with Crippen molar-refractivity contribution in [2.75, 3.05) is 4.90 Å². The predicted molar refractivity (Wildman–Crippen MR) is 125 cm³/mol. The Labute approximate surface area is 223 Å². The molecule has 0 radical (unpaired) electrons. The molecule has 0 aliphatic carbocycles. The zero-order chi connectivity index (χ0) is 30.4. The third-order valence-corrected chi connectivity index (χ3v) is 6.07. The van der Waals surface area contributed by atoms with Crippen LogP contribution in [0.25, 0.3) is 0 Å². The van der Waals surface area contributed by atoms with Crippen molar-refractivity contribution in [3.05, 3.63) is 64.2 Å². The molecule has 0 spiro atoms. The monoisotopic (exact) mass is 584 g/mol. The molecule has 2 atom stereocenters. The molecule has 0 fully saturated rings. The van der Waals surface area contributed by atoms with E-state index in [-0.39, 0.29) is 23.7 Å². The number of ether oxygens (including phenoxy) is 1. The number of carbonyl (C=O) groups is 2. The molecule has 1 aliphatic heterocycles. The van der Waals surface area contributed by atoms with Crippen molar-refractivity contribution in [3.8, 4) is 0 Å².